The van der Waals surface area contributed by atoms with Crippen molar-refractivity contribution in [1.82, 2.24) is 0 Å². The molecule has 100 valence electrons. The predicted octanol–water partition coefficient (Wildman–Crippen LogP) is 3.79. The van der Waals surface area contributed by atoms with Gasteiger partial charge in [0, 0.05) is 16.8 Å². The van der Waals surface area contributed by atoms with Gasteiger partial charge in [-0.3, -0.25) is 4.79 Å². The molecule has 2 aromatic rings. The molecule has 0 bridgehead atoms. The Morgan fingerprint density at radius 2 is 2.20 bits per heavy atom. The van der Waals surface area contributed by atoms with Gasteiger partial charge in [0.2, 0.25) is 0 Å². The number of amides is 1. The summed E-state index contributed by atoms with van der Waals surface area (Å²) < 4.78 is 5.08. The Kier molecular flexibility index (Phi) is 4.24. The Morgan fingerprint density at radius 1 is 1.40 bits per heavy atom. The van der Waals surface area contributed by atoms with Crippen LogP contribution in [0, 0.1) is 18.3 Å². The lowest BCUT2D eigenvalue weighted by molar-refractivity contribution is -0.112. The number of hydrogen-bond donors (Lipinski definition) is 1. The van der Waals surface area contributed by atoms with Crippen LogP contribution in [0.1, 0.15) is 11.3 Å². The monoisotopic (exact) mass is 286 g/mol. The first-order valence-corrected chi connectivity index (χ1v) is 6.21. The molecular weight excluding hydrogens is 276 g/mol. The summed E-state index contributed by atoms with van der Waals surface area (Å²) in [5.74, 6) is -0.0613. The predicted molar refractivity (Wildman–Crippen MR) is 77.1 cm³/mol. The molecule has 0 saturated carbocycles. The number of carbonyl (C=O) groups excluding carboxylic acids is 1. The molecule has 5 heteroatoms. The molecule has 20 heavy (non-hydrogen) atoms. The Labute approximate surface area is 121 Å². The molecule has 1 N–H and O–H groups in total. The number of nitriles is 1. The van der Waals surface area contributed by atoms with E-state index in [1.165, 1.54) is 12.3 Å². The lowest BCUT2D eigenvalue weighted by Crippen LogP contribution is -2.14. The van der Waals surface area contributed by atoms with Gasteiger partial charge in [-0.25, -0.2) is 0 Å². The van der Waals surface area contributed by atoms with E-state index in [1.807, 2.05) is 6.07 Å². The van der Waals surface area contributed by atoms with E-state index in [9.17, 15) is 4.79 Å². The number of nitrogens with zero attached hydrogens (tertiary/aromatic N) is 1. The molecule has 0 saturated heterocycles. The average molecular weight is 287 g/mol. The van der Waals surface area contributed by atoms with Gasteiger partial charge in [-0.15, -0.1) is 0 Å². The zero-order chi connectivity index (χ0) is 14.5. The van der Waals surface area contributed by atoms with E-state index < -0.39 is 5.91 Å². The molecule has 4 nitrogen and oxygen atoms in total. The summed E-state index contributed by atoms with van der Waals surface area (Å²) in [6.45, 7) is 1.79. The smallest absolute Gasteiger partial charge is 0.266 e. The Bertz CT molecular complexity index is 697. The summed E-state index contributed by atoms with van der Waals surface area (Å²) in [4.78, 5) is 12.0. The van der Waals surface area contributed by atoms with E-state index in [2.05, 4.69) is 5.32 Å². The molecule has 1 aromatic heterocycles. The van der Waals surface area contributed by atoms with Gasteiger partial charge in [0.1, 0.15) is 17.4 Å². The quantitative estimate of drug-likeness (QED) is 0.689. The van der Waals surface area contributed by atoms with Gasteiger partial charge in [-0.2, -0.15) is 5.26 Å². The van der Waals surface area contributed by atoms with Gasteiger partial charge in [-0.05, 0) is 36.8 Å². The van der Waals surface area contributed by atoms with Crippen molar-refractivity contribution in [2.75, 3.05) is 5.32 Å². The van der Waals surface area contributed by atoms with Crippen molar-refractivity contribution in [3.8, 4) is 6.07 Å². The first kappa shape index (κ1) is 13.9. The largest absolute Gasteiger partial charge is 0.465 e. The van der Waals surface area contributed by atoms with Crippen LogP contribution in [0.2, 0.25) is 5.02 Å². The summed E-state index contributed by atoms with van der Waals surface area (Å²) >= 11 is 5.98. The standard InChI is InChI=1S/C15H11ClN2O2/c1-10-13(16)5-2-6-14(10)18-15(19)11(9-17)8-12-4-3-7-20-12/h2-8H,1H3,(H,18,19). The molecule has 0 spiro atoms. The second-order valence-electron chi connectivity index (χ2n) is 4.05. The zero-order valence-corrected chi connectivity index (χ0v) is 11.4. The van der Waals surface area contributed by atoms with E-state index in [0.717, 1.165) is 5.56 Å². The third-order valence-corrected chi connectivity index (χ3v) is 3.12. The molecule has 1 amide bonds. The number of furan rings is 1. The highest BCUT2D eigenvalue weighted by atomic mass is 35.5. The highest BCUT2D eigenvalue weighted by Crippen LogP contribution is 2.23. The lowest BCUT2D eigenvalue weighted by atomic mass is 10.1. The molecule has 0 unspecified atom stereocenters. The summed E-state index contributed by atoms with van der Waals surface area (Å²) in [5.41, 5.74) is 1.28. The summed E-state index contributed by atoms with van der Waals surface area (Å²) in [5, 5.41) is 12.3. The van der Waals surface area contributed by atoms with E-state index in [-0.39, 0.29) is 5.57 Å². The molecule has 0 fully saturated rings. The fourth-order valence-electron chi connectivity index (χ4n) is 1.60. The first-order valence-electron chi connectivity index (χ1n) is 5.83. The van der Waals surface area contributed by atoms with Crippen molar-refractivity contribution in [3.63, 3.8) is 0 Å². The Balaban J connectivity index is 2.23. The topological polar surface area (TPSA) is 66.0 Å². The third-order valence-electron chi connectivity index (χ3n) is 2.71. The van der Waals surface area contributed by atoms with Crippen molar-refractivity contribution in [3.05, 3.63) is 58.5 Å². The maximum absolute atomic E-state index is 12.0. The van der Waals surface area contributed by atoms with E-state index >= 15 is 0 Å². The van der Waals surface area contributed by atoms with Crippen LogP contribution in [0.3, 0.4) is 0 Å². The van der Waals surface area contributed by atoms with Crippen LogP contribution in [-0.2, 0) is 4.79 Å². The first-order chi connectivity index (χ1) is 9.61. The number of nitrogens with one attached hydrogen (secondary N) is 1. The van der Waals surface area contributed by atoms with Crippen molar-refractivity contribution >= 4 is 29.3 Å². The normalized spacial score (nSPS) is 10.9. The van der Waals surface area contributed by atoms with Crippen molar-refractivity contribution in [2.24, 2.45) is 0 Å². The SMILES string of the molecule is Cc1c(Cl)cccc1NC(=O)C(C#N)=Cc1ccco1. The molecule has 1 heterocycles. The van der Waals surface area contributed by atoms with Crippen LogP contribution in [-0.4, -0.2) is 5.91 Å². The Morgan fingerprint density at radius 3 is 2.85 bits per heavy atom. The highest BCUT2D eigenvalue weighted by Gasteiger charge is 2.12. The van der Waals surface area contributed by atoms with Crippen LogP contribution in [0.25, 0.3) is 6.08 Å². The average Bonchev–Trinajstić information content (AvgIpc) is 2.94. The van der Waals surface area contributed by atoms with Gasteiger partial charge < -0.3 is 9.73 Å². The number of hydrogen-bond acceptors (Lipinski definition) is 3. The molecule has 2 rings (SSSR count). The van der Waals surface area contributed by atoms with E-state index in [0.29, 0.717) is 16.5 Å². The van der Waals surface area contributed by atoms with Crippen molar-refractivity contribution < 1.29 is 9.21 Å². The van der Waals surface area contributed by atoms with Crippen molar-refractivity contribution in [1.29, 1.82) is 5.26 Å². The summed E-state index contributed by atoms with van der Waals surface area (Å²) in [6.07, 6.45) is 2.86. The van der Waals surface area contributed by atoms with Gasteiger partial charge in [-0.1, -0.05) is 17.7 Å². The number of rotatable bonds is 3. The maximum Gasteiger partial charge on any atom is 0.266 e. The summed E-state index contributed by atoms with van der Waals surface area (Å²) in [6, 6.07) is 10.4. The second kappa shape index (κ2) is 6.09. The zero-order valence-electron chi connectivity index (χ0n) is 10.7. The number of anilines is 1. The minimum Gasteiger partial charge on any atom is -0.465 e. The van der Waals surface area contributed by atoms with Crippen LogP contribution < -0.4 is 5.32 Å². The molecule has 1 aromatic carbocycles. The van der Waals surface area contributed by atoms with Gasteiger partial charge in [0.25, 0.3) is 5.91 Å². The van der Waals surface area contributed by atoms with Gasteiger partial charge in [0.05, 0.1) is 6.26 Å². The van der Waals surface area contributed by atoms with Gasteiger partial charge in [0.15, 0.2) is 0 Å². The minimum atomic E-state index is -0.505. The molecule has 0 aliphatic heterocycles. The third kappa shape index (κ3) is 3.08. The molecule has 0 aliphatic carbocycles. The molecular formula is C15H11ClN2O2. The van der Waals surface area contributed by atoms with Crippen molar-refractivity contribution in [2.45, 2.75) is 6.92 Å². The highest BCUT2D eigenvalue weighted by molar-refractivity contribution is 6.31. The summed E-state index contributed by atoms with van der Waals surface area (Å²) in [7, 11) is 0. The van der Waals surface area contributed by atoms with Crippen LogP contribution in [0.5, 0.6) is 0 Å². The minimum absolute atomic E-state index is 0.0423. The van der Waals surface area contributed by atoms with Crippen LogP contribution >= 0.6 is 11.6 Å². The van der Waals surface area contributed by atoms with Gasteiger partial charge >= 0.3 is 0 Å². The lowest BCUT2D eigenvalue weighted by Gasteiger charge is -2.08. The van der Waals surface area contributed by atoms with Crippen LogP contribution in [0.15, 0.2) is 46.6 Å². The fourth-order valence-corrected chi connectivity index (χ4v) is 1.77. The molecule has 0 radical (unpaired) electrons. The molecule has 0 aliphatic rings. The number of halogens is 1. The van der Waals surface area contributed by atoms with E-state index in [1.54, 1.807) is 37.3 Å². The number of carbonyl (C=O) groups is 1. The number of benzene rings is 1. The van der Waals surface area contributed by atoms with Crippen LogP contribution in [0.4, 0.5) is 5.69 Å². The molecule has 0 atom stereocenters. The fraction of sp³-hybridized carbons (Fsp3) is 0.0667. The maximum atomic E-state index is 12.0. The van der Waals surface area contributed by atoms with E-state index in [4.69, 9.17) is 21.3 Å². The Hall–Kier alpha value is -2.51. The second-order valence-corrected chi connectivity index (χ2v) is 4.46.